The molecular weight excluding hydrogens is 419 g/mol. The summed E-state index contributed by atoms with van der Waals surface area (Å²) in [6.45, 7) is 0. The number of benzene rings is 2. The van der Waals surface area contributed by atoms with E-state index in [9.17, 15) is 10.1 Å². The normalized spacial score (nSPS) is 10.7. The van der Waals surface area contributed by atoms with Crippen molar-refractivity contribution >= 4 is 40.3 Å². The van der Waals surface area contributed by atoms with Gasteiger partial charge in [-0.15, -0.1) is 0 Å². The fourth-order valence-corrected chi connectivity index (χ4v) is 2.60. The monoisotopic (exact) mass is 434 g/mol. The van der Waals surface area contributed by atoms with Crippen molar-refractivity contribution in [2.45, 2.75) is 0 Å². The Morgan fingerprint density at radius 3 is 2.54 bits per heavy atom. The van der Waals surface area contributed by atoms with Crippen molar-refractivity contribution in [1.29, 1.82) is 5.26 Å². The molecular formula is C18H15IN2O3. The summed E-state index contributed by atoms with van der Waals surface area (Å²) in [4.78, 5) is 12.4. The number of ether oxygens (including phenoxy) is 2. The summed E-state index contributed by atoms with van der Waals surface area (Å²) in [6.07, 6.45) is 1.48. The molecule has 0 aromatic heterocycles. The van der Waals surface area contributed by atoms with Gasteiger partial charge in [-0.05, 0) is 46.9 Å². The second kappa shape index (κ2) is 8.36. The number of halogens is 1. The van der Waals surface area contributed by atoms with E-state index in [1.807, 2.05) is 24.3 Å². The van der Waals surface area contributed by atoms with E-state index >= 15 is 0 Å². The van der Waals surface area contributed by atoms with E-state index in [4.69, 9.17) is 9.47 Å². The number of nitrogens with one attached hydrogen (secondary N) is 1. The topological polar surface area (TPSA) is 71.3 Å². The average molecular weight is 434 g/mol. The van der Waals surface area contributed by atoms with Gasteiger partial charge in [0.05, 0.1) is 19.9 Å². The van der Waals surface area contributed by atoms with Gasteiger partial charge in [0, 0.05) is 9.13 Å². The average Bonchev–Trinajstić information content (AvgIpc) is 2.60. The zero-order valence-electron chi connectivity index (χ0n) is 13.2. The Labute approximate surface area is 154 Å². The zero-order chi connectivity index (χ0) is 17.5. The first-order valence-electron chi connectivity index (χ1n) is 6.99. The van der Waals surface area contributed by atoms with Crippen LogP contribution in [-0.2, 0) is 4.79 Å². The molecule has 2 aromatic rings. The lowest BCUT2D eigenvalue weighted by Gasteiger charge is -2.11. The first-order valence-corrected chi connectivity index (χ1v) is 8.07. The molecule has 0 bridgehead atoms. The van der Waals surface area contributed by atoms with Gasteiger partial charge in [0.1, 0.15) is 11.6 Å². The summed E-state index contributed by atoms with van der Waals surface area (Å²) in [5, 5.41) is 12.1. The van der Waals surface area contributed by atoms with E-state index < -0.39 is 5.91 Å². The van der Waals surface area contributed by atoms with Gasteiger partial charge in [0.25, 0.3) is 5.91 Å². The SMILES string of the molecule is COc1cccc(/C=C(\C#N)C(=O)Nc2ccccc2I)c1OC. The molecule has 2 rings (SSSR count). The Kier molecular flexibility index (Phi) is 6.21. The van der Waals surface area contributed by atoms with Gasteiger partial charge in [-0.1, -0.05) is 24.3 Å². The summed E-state index contributed by atoms with van der Waals surface area (Å²) >= 11 is 2.12. The fraction of sp³-hybridized carbons (Fsp3) is 0.111. The van der Waals surface area contributed by atoms with Crippen LogP contribution in [-0.4, -0.2) is 20.1 Å². The second-order valence-electron chi connectivity index (χ2n) is 4.69. The molecule has 24 heavy (non-hydrogen) atoms. The molecule has 0 spiro atoms. The molecule has 0 aliphatic carbocycles. The Morgan fingerprint density at radius 2 is 1.92 bits per heavy atom. The molecule has 5 nitrogen and oxygen atoms in total. The van der Waals surface area contributed by atoms with Crippen molar-refractivity contribution in [3.63, 3.8) is 0 Å². The number of carbonyl (C=O) groups excluding carboxylic acids is 1. The van der Waals surface area contributed by atoms with E-state index in [1.165, 1.54) is 20.3 Å². The predicted molar refractivity (Wildman–Crippen MR) is 101 cm³/mol. The van der Waals surface area contributed by atoms with Crippen LogP contribution in [0, 0.1) is 14.9 Å². The van der Waals surface area contributed by atoms with Crippen molar-refractivity contribution in [2.24, 2.45) is 0 Å². The van der Waals surface area contributed by atoms with Gasteiger partial charge < -0.3 is 14.8 Å². The minimum atomic E-state index is -0.480. The minimum Gasteiger partial charge on any atom is -0.493 e. The highest BCUT2D eigenvalue weighted by Gasteiger charge is 2.14. The number of hydrogen-bond donors (Lipinski definition) is 1. The lowest BCUT2D eigenvalue weighted by Crippen LogP contribution is -2.14. The quantitative estimate of drug-likeness (QED) is 0.441. The molecule has 2 aromatic carbocycles. The van der Waals surface area contributed by atoms with Crippen molar-refractivity contribution in [2.75, 3.05) is 19.5 Å². The van der Waals surface area contributed by atoms with Gasteiger partial charge in [0.2, 0.25) is 0 Å². The van der Waals surface area contributed by atoms with E-state index in [0.717, 1.165) is 3.57 Å². The maximum atomic E-state index is 12.4. The van der Waals surface area contributed by atoms with Crippen molar-refractivity contribution in [1.82, 2.24) is 0 Å². The number of carbonyl (C=O) groups is 1. The first kappa shape index (κ1) is 17.8. The van der Waals surface area contributed by atoms with E-state index in [1.54, 1.807) is 24.3 Å². The Balaban J connectivity index is 2.35. The van der Waals surface area contributed by atoms with Gasteiger partial charge in [-0.2, -0.15) is 5.26 Å². The third-order valence-corrected chi connectivity index (χ3v) is 4.16. The highest BCUT2D eigenvalue weighted by atomic mass is 127. The summed E-state index contributed by atoms with van der Waals surface area (Å²) in [7, 11) is 3.04. The van der Waals surface area contributed by atoms with Crippen LogP contribution in [0.1, 0.15) is 5.56 Å². The lowest BCUT2D eigenvalue weighted by atomic mass is 10.1. The fourth-order valence-electron chi connectivity index (χ4n) is 2.08. The molecule has 1 amide bonds. The van der Waals surface area contributed by atoms with Gasteiger partial charge in [0.15, 0.2) is 11.5 Å². The second-order valence-corrected chi connectivity index (χ2v) is 5.85. The molecule has 0 aliphatic rings. The Morgan fingerprint density at radius 1 is 1.17 bits per heavy atom. The van der Waals surface area contributed by atoms with Crippen LogP contribution in [0.25, 0.3) is 6.08 Å². The van der Waals surface area contributed by atoms with E-state index in [0.29, 0.717) is 22.7 Å². The molecule has 6 heteroatoms. The van der Waals surface area contributed by atoms with Gasteiger partial charge >= 0.3 is 0 Å². The molecule has 0 fully saturated rings. The van der Waals surface area contributed by atoms with Crippen LogP contribution in [0.4, 0.5) is 5.69 Å². The predicted octanol–water partition coefficient (Wildman–Crippen LogP) is 3.85. The summed E-state index contributed by atoms with van der Waals surface area (Å²) in [6, 6.07) is 14.5. The van der Waals surface area contributed by atoms with Crippen molar-refractivity contribution in [3.05, 3.63) is 57.2 Å². The number of hydrogen-bond acceptors (Lipinski definition) is 4. The van der Waals surface area contributed by atoms with Crippen LogP contribution in [0.2, 0.25) is 0 Å². The number of amides is 1. The highest BCUT2D eigenvalue weighted by molar-refractivity contribution is 14.1. The molecule has 0 saturated heterocycles. The van der Waals surface area contributed by atoms with Crippen LogP contribution < -0.4 is 14.8 Å². The standard InChI is InChI=1S/C18H15IN2O3/c1-23-16-9-5-6-12(17(16)24-2)10-13(11-20)18(22)21-15-8-4-3-7-14(15)19/h3-10H,1-2H3,(H,21,22)/b13-10+. The Bertz CT molecular complexity index is 825. The maximum Gasteiger partial charge on any atom is 0.266 e. The minimum absolute atomic E-state index is 0.0267. The molecule has 0 radical (unpaired) electrons. The number of nitrogens with zero attached hydrogens (tertiary/aromatic N) is 1. The van der Waals surface area contributed by atoms with Crippen LogP contribution in [0.3, 0.4) is 0 Å². The molecule has 0 saturated carbocycles. The number of anilines is 1. The van der Waals surface area contributed by atoms with Crippen LogP contribution in [0.5, 0.6) is 11.5 Å². The molecule has 0 heterocycles. The largest absolute Gasteiger partial charge is 0.493 e. The summed E-state index contributed by atoms with van der Waals surface area (Å²) < 4.78 is 11.4. The van der Waals surface area contributed by atoms with Crippen molar-refractivity contribution < 1.29 is 14.3 Å². The molecule has 0 atom stereocenters. The van der Waals surface area contributed by atoms with Crippen LogP contribution >= 0.6 is 22.6 Å². The lowest BCUT2D eigenvalue weighted by molar-refractivity contribution is -0.112. The summed E-state index contributed by atoms with van der Waals surface area (Å²) in [5.74, 6) is 0.517. The number of nitriles is 1. The smallest absolute Gasteiger partial charge is 0.266 e. The third-order valence-electron chi connectivity index (χ3n) is 3.22. The van der Waals surface area contributed by atoms with E-state index in [2.05, 4.69) is 27.9 Å². The van der Waals surface area contributed by atoms with E-state index in [-0.39, 0.29) is 5.57 Å². The highest BCUT2D eigenvalue weighted by Crippen LogP contribution is 2.32. The summed E-state index contributed by atoms with van der Waals surface area (Å²) in [5.41, 5.74) is 1.22. The van der Waals surface area contributed by atoms with Gasteiger partial charge in [-0.3, -0.25) is 4.79 Å². The molecule has 0 aliphatic heterocycles. The molecule has 0 unspecified atom stereocenters. The number of para-hydroxylation sites is 2. The number of rotatable bonds is 5. The zero-order valence-corrected chi connectivity index (χ0v) is 15.3. The molecule has 1 N–H and O–H groups in total. The maximum absolute atomic E-state index is 12.4. The Hall–Kier alpha value is -2.53. The van der Waals surface area contributed by atoms with Gasteiger partial charge in [-0.25, -0.2) is 0 Å². The first-order chi connectivity index (χ1) is 11.6. The third kappa shape index (κ3) is 4.06. The van der Waals surface area contributed by atoms with Crippen molar-refractivity contribution in [3.8, 4) is 17.6 Å². The molecule has 122 valence electrons. The number of methoxy groups -OCH3 is 2. The van der Waals surface area contributed by atoms with Crippen LogP contribution in [0.15, 0.2) is 48.0 Å².